The number of hydrogen-bond acceptors (Lipinski definition) is 4. The van der Waals surface area contributed by atoms with Crippen molar-refractivity contribution in [3.05, 3.63) is 6.07 Å². The Kier molecular flexibility index (Phi) is 1.11. The van der Waals surface area contributed by atoms with E-state index in [4.69, 9.17) is 15.9 Å². The monoisotopic (exact) mass is 126 g/mol. The molecule has 0 aliphatic heterocycles. The van der Waals surface area contributed by atoms with E-state index < -0.39 is 11.9 Å². The van der Waals surface area contributed by atoms with Crippen LogP contribution in [0.25, 0.3) is 0 Å². The molecule has 9 heavy (non-hydrogen) atoms. The first-order chi connectivity index (χ1) is 4.18. The Morgan fingerprint density at radius 1 is 1.33 bits per heavy atom. The van der Waals surface area contributed by atoms with Crippen molar-refractivity contribution >= 4 is 5.82 Å². The second-order valence-corrected chi connectivity index (χ2v) is 1.41. The van der Waals surface area contributed by atoms with E-state index in [0.717, 1.165) is 6.07 Å². The lowest BCUT2D eigenvalue weighted by Gasteiger charge is -1.91. The summed E-state index contributed by atoms with van der Waals surface area (Å²) in [6.45, 7) is 0. The highest BCUT2D eigenvalue weighted by Crippen LogP contribution is 2.12. The van der Waals surface area contributed by atoms with E-state index in [0.29, 0.717) is 0 Å². The van der Waals surface area contributed by atoms with Crippen molar-refractivity contribution in [2.24, 2.45) is 0 Å². The zero-order valence-corrected chi connectivity index (χ0v) is 4.37. The van der Waals surface area contributed by atoms with Crippen LogP contribution in [0.15, 0.2) is 6.07 Å². The third-order valence-corrected chi connectivity index (χ3v) is 0.701. The van der Waals surface area contributed by atoms with Gasteiger partial charge in [-0.2, -0.15) is 9.97 Å². The molecule has 1 heterocycles. The van der Waals surface area contributed by atoms with Crippen LogP contribution in [-0.2, 0) is 0 Å². The SMILES string of the molecule is [NH]c1cc(O)nc(O)n1. The molecule has 0 fully saturated rings. The molecular formula is C4H4N3O2. The standard InChI is InChI=1S/C4H4N3O2/c5-2-1-3(8)7-4(9)6-2/h1,5H,(H2,6,7,8,9). The van der Waals surface area contributed by atoms with Gasteiger partial charge in [-0.3, -0.25) is 5.73 Å². The van der Waals surface area contributed by atoms with Gasteiger partial charge in [0.1, 0.15) is 0 Å². The van der Waals surface area contributed by atoms with Crippen LogP contribution in [-0.4, -0.2) is 20.2 Å². The first-order valence-electron chi connectivity index (χ1n) is 2.17. The van der Waals surface area contributed by atoms with Crippen molar-refractivity contribution in [3.63, 3.8) is 0 Å². The van der Waals surface area contributed by atoms with Gasteiger partial charge in [-0.15, -0.1) is 0 Å². The molecule has 1 rings (SSSR count). The third-order valence-electron chi connectivity index (χ3n) is 0.701. The number of aromatic nitrogens is 2. The van der Waals surface area contributed by atoms with Crippen molar-refractivity contribution in [3.8, 4) is 11.9 Å². The van der Waals surface area contributed by atoms with Crippen molar-refractivity contribution in [2.75, 3.05) is 0 Å². The molecular weight excluding hydrogens is 122 g/mol. The molecule has 0 aliphatic carbocycles. The summed E-state index contributed by atoms with van der Waals surface area (Å²) in [6.07, 6.45) is 0. The maximum Gasteiger partial charge on any atom is 0.319 e. The van der Waals surface area contributed by atoms with Crippen molar-refractivity contribution in [1.29, 1.82) is 0 Å². The van der Waals surface area contributed by atoms with Crippen LogP contribution in [0.4, 0.5) is 5.82 Å². The summed E-state index contributed by atoms with van der Waals surface area (Å²) in [4.78, 5) is 6.30. The summed E-state index contributed by atoms with van der Waals surface area (Å²) < 4.78 is 0. The van der Waals surface area contributed by atoms with Gasteiger partial charge in [-0.1, -0.05) is 0 Å². The Balaban J connectivity index is 3.17. The minimum absolute atomic E-state index is 0.208. The molecule has 0 amide bonds. The van der Waals surface area contributed by atoms with Crippen molar-refractivity contribution in [1.82, 2.24) is 15.7 Å². The highest BCUT2D eigenvalue weighted by Gasteiger charge is 1.96. The third kappa shape index (κ3) is 1.18. The van der Waals surface area contributed by atoms with Crippen LogP contribution in [0, 0.1) is 0 Å². The topological polar surface area (TPSA) is 90.0 Å². The normalized spacial score (nSPS) is 9.33. The average Bonchev–Trinajstić information content (AvgIpc) is 1.59. The van der Waals surface area contributed by atoms with E-state index in [1.807, 2.05) is 0 Å². The maximum atomic E-state index is 8.56. The van der Waals surface area contributed by atoms with Gasteiger partial charge < -0.3 is 10.2 Å². The summed E-state index contributed by atoms with van der Waals surface area (Å²) in [5.41, 5.74) is 6.81. The number of rotatable bonds is 0. The summed E-state index contributed by atoms with van der Waals surface area (Å²) >= 11 is 0. The predicted molar refractivity (Wildman–Crippen MR) is 28.1 cm³/mol. The lowest BCUT2D eigenvalue weighted by molar-refractivity contribution is 0.398. The second kappa shape index (κ2) is 1.77. The summed E-state index contributed by atoms with van der Waals surface area (Å²) in [6, 6.07) is 0.444. The van der Waals surface area contributed by atoms with Gasteiger partial charge in [0.25, 0.3) is 0 Å². The van der Waals surface area contributed by atoms with Crippen LogP contribution in [0.3, 0.4) is 0 Å². The number of nitrogens with one attached hydrogen (secondary N) is 1. The molecule has 1 radical (unpaired) electrons. The molecule has 0 aromatic carbocycles. The molecule has 0 atom stereocenters. The number of hydrogen-bond donors (Lipinski definition) is 2. The fraction of sp³-hybridized carbons (Fsp3) is 0. The van der Waals surface area contributed by atoms with E-state index in [9.17, 15) is 0 Å². The quantitative estimate of drug-likeness (QED) is 0.503. The molecule has 5 heteroatoms. The molecule has 0 unspecified atom stereocenters. The first-order valence-corrected chi connectivity index (χ1v) is 2.17. The van der Waals surface area contributed by atoms with Gasteiger partial charge in [0.15, 0.2) is 5.82 Å². The molecule has 0 spiro atoms. The van der Waals surface area contributed by atoms with E-state index in [2.05, 4.69) is 9.97 Å². The van der Waals surface area contributed by atoms with Gasteiger partial charge in [0.2, 0.25) is 5.88 Å². The number of aromatic hydroxyl groups is 2. The van der Waals surface area contributed by atoms with Gasteiger partial charge in [0.05, 0.1) is 0 Å². The summed E-state index contributed by atoms with van der Waals surface area (Å²) in [5, 5.41) is 17.1. The van der Waals surface area contributed by atoms with E-state index in [-0.39, 0.29) is 5.82 Å². The maximum absolute atomic E-state index is 8.56. The fourth-order valence-electron chi connectivity index (χ4n) is 0.422. The molecule has 0 saturated heterocycles. The largest absolute Gasteiger partial charge is 0.493 e. The Labute approximate surface area is 50.8 Å². The zero-order chi connectivity index (χ0) is 6.85. The highest BCUT2D eigenvalue weighted by molar-refractivity contribution is 5.29. The van der Waals surface area contributed by atoms with E-state index >= 15 is 0 Å². The second-order valence-electron chi connectivity index (χ2n) is 1.41. The molecule has 0 bridgehead atoms. The Morgan fingerprint density at radius 2 is 2.00 bits per heavy atom. The van der Waals surface area contributed by atoms with E-state index in [1.165, 1.54) is 0 Å². The van der Waals surface area contributed by atoms with Crippen LogP contribution in [0.5, 0.6) is 11.9 Å². The molecule has 3 N–H and O–H groups in total. The number of nitrogens with zero attached hydrogens (tertiary/aromatic N) is 2. The van der Waals surface area contributed by atoms with Gasteiger partial charge in [0, 0.05) is 6.07 Å². The van der Waals surface area contributed by atoms with E-state index in [1.54, 1.807) is 0 Å². The lowest BCUT2D eigenvalue weighted by atomic mass is 10.6. The predicted octanol–water partition coefficient (Wildman–Crippen LogP) is -0.198. The van der Waals surface area contributed by atoms with Crippen molar-refractivity contribution < 1.29 is 10.2 Å². The van der Waals surface area contributed by atoms with Gasteiger partial charge >= 0.3 is 6.01 Å². The highest BCUT2D eigenvalue weighted by atomic mass is 16.3. The fourth-order valence-corrected chi connectivity index (χ4v) is 0.422. The molecule has 0 aliphatic rings. The Bertz CT molecular complexity index is 175. The molecule has 47 valence electrons. The summed E-state index contributed by atoms with van der Waals surface area (Å²) in [5.74, 6) is -0.604. The minimum Gasteiger partial charge on any atom is -0.493 e. The smallest absolute Gasteiger partial charge is 0.319 e. The molecule has 0 saturated carbocycles. The van der Waals surface area contributed by atoms with Crippen molar-refractivity contribution in [2.45, 2.75) is 0 Å². The lowest BCUT2D eigenvalue weighted by Crippen LogP contribution is -1.82. The molecule has 1 aromatic rings. The Hall–Kier alpha value is -1.52. The van der Waals surface area contributed by atoms with Crippen LogP contribution >= 0.6 is 0 Å². The first kappa shape index (κ1) is 5.61. The van der Waals surface area contributed by atoms with Crippen LogP contribution < -0.4 is 5.73 Å². The van der Waals surface area contributed by atoms with Crippen LogP contribution in [0.1, 0.15) is 0 Å². The van der Waals surface area contributed by atoms with Gasteiger partial charge in [-0.25, -0.2) is 0 Å². The molecule has 5 nitrogen and oxygen atoms in total. The zero-order valence-electron chi connectivity index (χ0n) is 4.37. The summed E-state index contributed by atoms with van der Waals surface area (Å²) in [7, 11) is 0. The minimum atomic E-state index is -0.583. The Morgan fingerprint density at radius 3 is 2.44 bits per heavy atom. The van der Waals surface area contributed by atoms with Gasteiger partial charge in [-0.05, 0) is 0 Å². The molecule has 1 aromatic heterocycles. The average molecular weight is 126 g/mol. The van der Waals surface area contributed by atoms with Crippen LogP contribution in [0.2, 0.25) is 0 Å².